The number of nitrogens with zero attached hydrogens (tertiary/aromatic N) is 1. The normalized spacial score (nSPS) is 19.6. The van der Waals surface area contributed by atoms with Crippen molar-refractivity contribution >= 4 is 11.8 Å². The summed E-state index contributed by atoms with van der Waals surface area (Å²) in [5.41, 5.74) is 2.01. The van der Waals surface area contributed by atoms with E-state index in [2.05, 4.69) is 11.9 Å². The number of hydrogen-bond acceptors (Lipinski definition) is 3. The molecule has 27 heavy (non-hydrogen) atoms. The fraction of sp³-hybridized carbons (Fsp3) is 0.273. The summed E-state index contributed by atoms with van der Waals surface area (Å²) in [7, 11) is 0. The molecule has 5 heteroatoms. The SMILES string of the molecule is C=CCC1C(=O)NC(COCc2ccccc2)C(=O)N1Cc1ccccc1. The molecular formula is C22H24N2O3. The molecule has 0 saturated carbocycles. The van der Waals surface area contributed by atoms with Gasteiger partial charge in [0.15, 0.2) is 0 Å². The van der Waals surface area contributed by atoms with Crippen LogP contribution >= 0.6 is 0 Å². The van der Waals surface area contributed by atoms with Crippen LogP contribution in [0.2, 0.25) is 0 Å². The van der Waals surface area contributed by atoms with E-state index in [1.165, 1.54) is 0 Å². The molecule has 0 aliphatic carbocycles. The highest BCUT2D eigenvalue weighted by atomic mass is 16.5. The molecule has 2 unspecified atom stereocenters. The second-order valence-electron chi connectivity index (χ2n) is 6.55. The summed E-state index contributed by atoms with van der Waals surface area (Å²) >= 11 is 0. The van der Waals surface area contributed by atoms with Crippen molar-refractivity contribution in [2.24, 2.45) is 0 Å². The highest BCUT2D eigenvalue weighted by Crippen LogP contribution is 2.18. The second-order valence-corrected chi connectivity index (χ2v) is 6.55. The predicted molar refractivity (Wildman–Crippen MR) is 104 cm³/mol. The van der Waals surface area contributed by atoms with Gasteiger partial charge in [-0.3, -0.25) is 9.59 Å². The van der Waals surface area contributed by atoms with Crippen molar-refractivity contribution in [3.05, 3.63) is 84.4 Å². The summed E-state index contributed by atoms with van der Waals surface area (Å²) < 4.78 is 5.69. The Morgan fingerprint density at radius 1 is 1.00 bits per heavy atom. The van der Waals surface area contributed by atoms with Crippen LogP contribution in [0.5, 0.6) is 0 Å². The molecule has 0 radical (unpaired) electrons. The van der Waals surface area contributed by atoms with E-state index in [0.717, 1.165) is 11.1 Å². The van der Waals surface area contributed by atoms with Crippen LogP contribution in [-0.4, -0.2) is 35.4 Å². The van der Waals surface area contributed by atoms with E-state index in [9.17, 15) is 9.59 Å². The van der Waals surface area contributed by atoms with Gasteiger partial charge in [0, 0.05) is 6.54 Å². The van der Waals surface area contributed by atoms with E-state index >= 15 is 0 Å². The van der Waals surface area contributed by atoms with Crippen LogP contribution in [0.1, 0.15) is 17.5 Å². The number of piperazine rings is 1. The molecule has 2 amide bonds. The number of amides is 2. The third-order valence-electron chi connectivity index (χ3n) is 4.56. The van der Waals surface area contributed by atoms with Gasteiger partial charge in [0.05, 0.1) is 13.2 Å². The summed E-state index contributed by atoms with van der Waals surface area (Å²) in [5, 5.41) is 2.80. The number of carbonyl (C=O) groups excluding carboxylic acids is 2. The van der Waals surface area contributed by atoms with E-state index in [-0.39, 0.29) is 18.4 Å². The molecule has 0 bridgehead atoms. The molecule has 2 aromatic carbocycles. The van der Waals surface area contributed by atoms with Crippen LogP contribution in [0.15, 0.2) is 73.3 Å². The van der Waals surface area contributed by atoms with Gasteiger partial charge in [-0.2, -0.15) is 0 Å². The van der Waals surface area contributed by atoms with Crippen molar-refractivity contribution in [1.82, 2.24) is 10.2 Å². The first kappa shape index (κ1) is 18.9. The van der Waals surface area contributed by atoms with Crippen LogP contribution in [-0.2, 0) is 27.5 Å². The quantitative estimate of drug-likeness (QED) is 0.733. The number of carbonyl (C=O) groups is 2. The Balaban J connectivity index is 1.68. The maximum Gasteiger partial charge on any atom is 0.248 e. The average Bonchev–Trinajstić information content (AvgIpc) is 2.70. The summed E-state index contributed by atoms with van der Waals surface area (Å²) in [6.07, 6.45) is 2.09. The van der Waals surface area contributed by atoms with Crippen LogP contribution in [0.4, 0.5) is 0 Å². The molecule has 3 rings (SSSR count). The lowest BCUT2D eigenvalue weighted by atomic mass is 10.0. The van der Waals surface area contributed by atoms with Crippen LogP contribution in [0.3, 0.4) is 0 Å². The first-order chi connectivity index (χ1) is 13.2. The van der Waals surface area contributed by atoms with Crippen molar-refractivity contribution < 1.29 is 14.3 Å². The van der Waals surface area contributed by atoms with Crippen molar-refractivity contribution in [2.75, 3.05) is 6.61 Å². The standard InChI is InChI=1S/C22H24N2O3/c1-2-9-20-21(25)23-19(16-27-15-18-12-7-4-8-13-18)22(26)24(20)14-17-10-5-3-6-11-17/h2-8,10-13,19-20H,1,9,14-16H2,(H,23,25). The minimum absolute atomic E-state index is 0.127. The molecule has 5 nitrogen and oxygen atoms in total. The Kier molecular flexibility index (Phi) is 6.39. The smallest absolute Gasteiger partial charge is 0.248 e. The van der Waals surface area contributed by atoms with E-state index in [0.29, 0.717) is 19.6 Å². The van der Waals surface area contributed by atoms with Crippen LogP contribution in [0.25, 0.3) is 0 Å². The summed E-state index contributed by atoms with van der Waals surface area (Å²) in [6.45, 7) is 4.65. The molecule has 0 aromatic heterocycles. The number of benzene rings is 2. The molecular weight excluding hydrogens is 340 g/mol. The lowest BCUT2D eigenvalue weighted by molar-refractivity contribution is -0.151. The van der Waals surface area contributed by atoms with Gasteiger partial charge >= 0.3 is 0 Å². The monoisotopic (exact) mass is 364 g/mol. The van der Waals surface area contributed by atoms with Crippen LogP contribution < -0.4 is 5.32 Å². The molecule has 140 valence electrons. The maximum absolute atomic E-state index is 13.0. The van der Waals surface area contributed by atoms with Gasteiger partial charge in [0.1, 0.15) is 12.1 Å². The second kappa shape index (κ2) is 9.14. The first-order valence-corrected chi connectivity index (χ1v) is 9.06. The summed E-state index contributed by atoms with van der Waals surface area (Å²) in [6, 6.07) is 18.2. The maximum atomic E-state index is 13.0. The predicted octanol–water partition coefficient (Wildman–Crippen LogP) is 2.68. The van der Waals surface area contributed by atoms with Gasteiger partial charge in [0.2, 0.25) is 11.8 Å². The summed E-state index contributed by atoms with van der Waals surface area (Å²) in [5.74, 6) is -0.294. The molecule has 1 fully saturated rings. The van der Waals surface area contributed by atoms with E-state index in [1.807, 2.05) is 60.7 Å². The molecule has 1 saturated heterocycles. The topological polar surface area (TPSA) is 58.6 Å². The molecule has 1 aliphatic rings. The fourth-order valence-electron chi connectivity index (χ4n) is 3.17. The third kappa shape index (κ3) is 4.83. The Morgan fingerprint density at radius 3 is 2.26 bits per heavy atom. The van der Waals surface area contributed by atoms with E-state index in [4.69, 9.17) is 4.74 Å². The van der Waals surface area contributed by atoms with Gasteiger partial charge in [-0.25, -0.2) is 0 Å². The van der Waals surface area contributed by atoms with Gasteiger partial charge in [-0.05, 0) is 17.5 Å². The van der Waals surface area contributed by atoms with Gasteiger partial charge < -0.3 is 15.0 Å². The van der Waals surface area contributed by atoms with Gasteiger partial charge in [-0.15, -0.1) is 6.58 Å². The Labute approximate surface area is 159 Å². The lowest BCUT2D eigenvalue weighted by Gasteiger charge is -2.38. The molecule has 2 atom stereocenters. The highest BCUT2D eigenvalue weighted by molar-refractivity contribution is 5.97. The van der Waals surface area contributed by atoms with E-state index in [1.54, 1.807) is 11.0 Å². The minimum atomic E-state index is -0.675. The first-order valence-electron chi connectivity index (χ1n) is 9.06. The van der Waals surface area contributed by atoms with Crippen molar-refractivity contribution in [1.29, 1.82) is 0 Å². The zero-order valence-corrected chi connectivity index (χ0v) is 15.2. The Morgan fingerprint density at radius 2 is 1.63 bits per heavy atom. The zero-order valence-electron chi connectivity index (χ0n) is 15.2. The van der Waals surface area contributed by atoms with E-state index < -0.39 is 12.1 Å². The number of rotatable bonds is 8. The van der Waals surface area contributed by atoms with Crippen molar-refractivity contribution in [3.63, 3.8) is 0 Å². The largest absolute Gasteiger partial charge is 0.374 e. The zero-order chi connectivity index (χ0) is 19.1. The molecule has 0 spiro atoms. The minimum Gasteiger partial charge on any atom is -0.374 e. The fourth-order valence-corrected chi connectivity index (χ4v) is 3.17. The Bertz CT molecular complexity index is 777. The Hall–Kier alpha value is -2.92. The lowest BCUT2D eigenvalue weighted by Crippen LogP contribution is -2.64. The molecule has 2 aromatic rings. The van der Waals surface area contributed by atoms with Crippen LogP contribution in [0, 0.1) is 0 Å². The van der Waals surface area contributed by atoms with Crippen molar-refractivity contribution in [2.45, 2.75) is 31.7 Å². The number of hydrogen-bond donors (Lipinski definition) is 1. The highest BCUT2D eigenvalue weighted by Gasteiger charge is 2.39. The van der Waals surface area contributed by atoms with Crippen molar-refractivity contribution in [3.8, 4) is 0 Å². The summed E-state index contributed by atoms with van der Waals surface area (Å²) in [4.78, 5) is 27.2. The third-order valence-corrected chi connectivity index (χ3v) is 4.56. The molecule has 1 N–H and O–H groups in total. The number of nitrogens with one attached hydrogen (secondary N) is 1. The van der Waals surface area contributed by atoms with Gasteiger partial charge in [-0.1, -0.05) is 66.7 Å². The number of ether oxygens (including phenoxy) is 1. The molecule has 1 aliphatic heterocycles. The average molecular weight is 364 g/mol. The molecule has 1 heterocycles. The van der Waals surface area contributed by atoms with Gasteiger partial charge in [0.25, 0.3) is 0 Å².